The molecule has 0 spiro atoms. The third-order valence-electron chi connectivity index (χ3n) is 11.6. The molecule has 0 aliphatic rings. The molecule has 0 unspecified atom stereocenters. The Kier molecular flexibility index (Phi) is 36.4. The third-order valence-corrected chi connectivity index (χ3v) is 11.6. The summed E-state index contributed by atoms with van der Waals surface area (Å²) in [6.45, 7) is 17.8. The van der Waals surface area contributed by atoms with Gasteiger partial charge >= 0.3 is 11.9 Å². The number of hydrogen-bond donors (Lipinski definition) is 0. The van der Waals surface area contributed by atoms with Crippen molar-refractivity contribution in [1.82, 2.24) is 14.9 Å². The Balaban J connectivity index is 4.38. The van der Waals surface area contributed by atoms with E-state index in [1.165, 1.54) is 103 Å². The lowest BCUT2D eigenvalue weighted by atomic mass is 9.93. The normalized spacial score (nSPS) is 12.5. The van der Waals surface area contributed by atoms with Crippen LogP contribution in [-0.4, -0.2) is 86.4 Å². The molecule has 0 heterocycles. The van der Waals surface area contributed by atoms with Crippen LogP contribution < -0.4 is 0 Å². The molecule has 0 rings (SSSR count). The van der Waals surface area contributed by atoms with Gasteiger partial charge in [0.1, 0.15) is 13.2 Å². The van der Waals surface area contributed by atoms with Gasteiger partial charge in [0.2, 0.25) is 0 Å². The number of unbranched alkanes of at least 4 members (excludes halogenated alkanes) is 12. The second-order valence-corrected chi connectivity index (χ2v) is 17.6. The highest BCUT2D eigenvalue weighted by molar-refractivity contribution is 5.69. The topological polar surface area (TPSA) is 62.3 Å². The maximum atomic E-state index is 12.3. The van der Waals surface area contributed by atoms with E-state index in [0.717, 1.165) is 82.8 Å². The van der Waals surface area contributed by atoms with Crippen LogP contribution in [0.5, 0.6) is 0 Å². The highest BCUT2D eigenvalue weighted by atomic mass is 16.5. The number of nitrogens with zero attached hydrogens (tertiary/aromatic N) is 3. The van der Waals surface area contributed by atoms with E-state index in [-0.39, 0.29) is 17.5 Å². The Hall–Kier alpha value is -1.70. The lowest BCUT2D eigenvalue weighted by molar-refractivity contribution is -0.143. The Morgan fingerprint density at radius 1 is 0.518 bits per heavy atom. The number of hydrazine groups is 1. The molecule has 0 radical (unpaired) electrons. The van der Waals surface area contributed by atoms with E-state index >= 15 is 0 Å². The van der Waals surface area contributed by atoms with Gasteiger partial charge in [-0.2, -0.15) is 0 Å². The van der Waals surface area contributed by atoms with Gasteiger partial charge in [0.25, 0.3) is 0 Å². The first kappa shape index (κ1) is 54.3. The van der Waals surface area contributed by atoms with Gasteiger partial charge in [0, 0.05) is 46.1 Å². The highest BCUT2D eigenvalue weighted by Gasteiger charge is 2.27. The zero-order chi connectivity index (χ0) is 41.7. The monoisotopic (exact) mass is 790 g/mol. The highest BCUT2D eigenvalue weighted by Crippen LogP contribution is 2.22. The van der Waals surface area contributed by atoms with Crippen molar-refractivity contribution in [2.45, 2.75) is 214 Å². The average molecular weight is 790 g/mol. The van der Waals surface area contributed by atoms with Crippen LogP contribution in [0.2, 0.25) is 0 Å². The summed E-state index contributed by atoms with van der Waals surface area (Å²) in [5, 5.41) is 4.51. The molecule has 56 heavy (non-hydrogen) atoms. The molecule has 330 valence electrons. The van der Waals surface area contributed by atoms with Gasteiger partial charge in [-0.25, -0.2) is 10.0 Å². The van der Waals surface area contributed by atoms with Gasteiger partial charge in [-0.15, -0.1) is 0 Å². The molecule has 0 saturated heterocycles. The molecule has 0 fully saturated rings. The summed E-state index contributed by atoms with van der Waals surface area (Å²) in [5.41, 5.74) is 0.0340. The smallest absolute Gasteiger partial charge is 0.306 e. The van der Waals surface area contributed by atoms with Gasteiger partial charge in [0.05, 0.1) is 0 Å². The van der Waals surface area contributed by atoms with Crippen molar-refractivity contribution in [3.8, 4) is 0 Å². The van der Waals surface area contributed by atoms with E-state index in [1.54, 1.807) is 0 Å². The number of rotatable bonds is 40. The summed E-state index contributed by atoms with van der Waals surface area (Å²) < 4.78 is 11.0. The van der Waals surface area contributed by atoms with Crippen LogP contribution in [-0.2, 0) is 19.1 Å². The summed E-state index contributed by atoms with van der Waals surface area (Å²) in [7, 11) is 6.41. The minimum Gasteiger partial charge on any atom is -0.461 e. The minimum atomic E-state index is -0.0616. The van der Waals surface area contributed by atoms with Crippen molar-refractivity contribution in [3.63, 3.8) is 0 Å². The predicted molar refractivity (Wildman–Crippen MR) is 242 cm³/mol. The molecule has 7 nitrogen and oxygen atoms in total. The maximum Gasteiger partial charge on any atom is 0.306 e. The molecule has 0 aromatic heterocycles. The first-order valence-electron chi connectivity index (χ1n) is 23.7. The van der Waals surface area contributed by atoms with Crippen molar-refractivity contribution < 1.29 is 19.1 Å². The number of ether oxygens (including phenoxy) is 2. The molecule has 7 heteroatoms. The van der Waals surface area contributed by atoms with Crippen molar-refractivity contribution in [3.05, 3.63) is 24.3 Å². The second kappa shape index (κ2) is 37.6. The lowest BCUT2D eigenvalue weighted by Gasteiger charge is -2.42. The van der Waals surface area contributed by atoms with E-state index in [0.29, 0.717) is 26.1 Å². The Bertz CT molecular complexity index is 887. The molecule has 0 aromatic carbocycles. The quantitative estimate of drug-likeness (QED) is 0.0265. The van der Waals surface area contributed by atoms with Crippen LogP contribution in [0, 0.1) is 11.8 Å². The fourth-order valence-electron chi connectivity index (χ4n) is 7.60. The Morgan fingerprint density at radius 2 is 0.875 bits per heavy atom. The summed E-state index contributed by atoms with van der Waals surface area (Å²) in [4.78, 5) is 27.2. The van der Waals surface area contributed by atoms with E-state index in [2.05, 4.69) is 89.8 Å². The van der Waals surface area contributed by atoms with Crippen molar-refractivity contribution in [2.24, 2.45) is 11.8 Å². The second-order valence-electron chi connectivity index (χ2n) is 17.6. The standard InChI is InChI=1S/C49H95N3O4/c1-10-14-32-45(33-15-11-2)36-26-30-42-55-47(53)38-24-20-18-22-28-40-52(44-49(5,6)51(9)50(7)8)41-29-23-19-21-25-39-48(54)56-43-31-27-37-46(34-16-12-3)35-17-13-4/h26-27,30-31,45-46H,10-25,28-29,32-44H2,1-9H3/b30-26-,31-27-. The molecule has 0 aliphatic heterocycles. The van der Waals surface area contributed by atoms with Crippen LogP contribution in [0.25, 0.3) is 0 Å². The molecule has 0 saturated carbocycles. The minimum absolute atomic E-state index is 0.0340. The fraction of sp³-hybridized carbons (Fsp3) is 0.878. The molecule has 0 atom stereocenters. The largest absolute Gasteiger partial charge is 0.461 e. The van der Waals surface area contributed by atoms with E-state index < -0.39 is 0 Å². The molecule has 0 N–H and O–H groups in total. The molecule has 0 bridgehead atoms. The average Bonchev–Trinajstić information content (AvgIpc) is 3.17. The first-order chi connectivity index (χ1) is 27.0. The van der Waals surface area contributed by atoms with Gasteiger partial charge in [-0.1, -0.05) is 168 Å². The summed E-state index contributed by atoms with van der Waals surface area (Å²) in [5.74, 6) is 1.42. The lowest BCUT2D eigenvalue weighted by Crippen LogP contribution is -2.55. The Labute approximate surface area is 349 Å². The zero-order valence-corrected chi connectivity index (χ0v) is 38.9. The number of esters is 2. The number of carbonyl (C=O) groups is 2. The maximum absolute atomic E-state index is 12.3. The van der Waals surface area contributed by atoms with E-state index in [4.69, 9.17) is 9.47 Å². The first-order valence-corrected chi connectivity index (χ1v) is 23.7. The van der Waals surface area contributed by atoms with Gasteiger partial charge in [-0.05, 0) is 77.3 Å². The fourth-order valence-corrected chi connectivity index (χ4v) is 7.60. The van der Waals surface area contributed by atoms with Gasteiger partial charge < -0.3 is 14.4 Å². The molecular formula is C49H95N3O4. The molecular weight excluding hydrogens is 695 g/mol. The van der Waals surface area contributed by atoms with Crippen LogP contribution in [0.4, 0.5) is 0 Å². The van der Waals surface area contributed by atoms with E-state index in [1.807, 2.05) is 12.2 Å². The van der Waals surface area contributed by atoms with Crippen LogP contribution >= 0.6 is 0 Å². The van der Waals surface area contributed by atoms with Crippen molar-refractivity contribution in [1.29, 1.82) is 0 Å². The molecule has 0 aromatic rings. The SMILES string of the molecule is CCCCC(C/C=C\COC(=O)CCCCCCCN(CCCCCCCC(=O)OC/C=C\CC(CCCC)CCCC)CC(C)(C)N(C)N(C)C)CCCC. The number of likely N-dealkylation sites (N-methyl/N-ethyl adjacent to an activating group) is 1. The van der Waals surface area contributed by atoms with Crippen molar-refractivity contribution in [2.75, 3.05) is 54.0 Å². The molecule has 0 amide bonds. The molecule has 0 aliphatic carbocycles. The Morgan fingerprint density at radius 3 is 1.23 bits per heavy atom. The summed E-state index contributed by atoms with van der Waals surface area (Å²) in [6, 6.07) is 0. The van der Waals surface area contributed by atoms with Gasteiger partial charge in [-0.3, -0.25) is 9.59 Å². The number of carbonyl (C=O) groups excluding carboxylic acids is 2. The van der Waals surface area contributed by atoms with Crippen LogP contribution in [0.3, 0.4) is 0 Å². The van der Waals surface area contributed by atoms with Crippen LogP contribution in [0.1, 0.15) is 208 Å². The van der Waals surface area contributed by atoms with Gasteiger partial charge in [0.15, 0.2) is 0 Å². The van der Waals surface area contributed by atoms with Crippen LogP contribution in [0.15, 0.2) is 24.3 Å². The number of allylic oxidation sites excluding steroid dienone is 2. The predicted octanol–water partition coefficient (Wildman–Crippen LogP) is 13.1. The summed E-state index contributed by atoms with van der Waals surface area (Å²) >= 11 is 0. The third kappa shape index (κ3) is 32.3. The number of hydrogen-bond acceptors (Lipinski definition) is 7. The van der Waals surface area contributed by atoms with E-state index in [9.17, 15) is 9.59 Å². The van der Waals surface area contributed by atoms with Crippen molar-refractivity contribution >= 4 is 11.9 Å². The summed E-state index contributed by atoms with van der Waals surface area (Å²) in [6.07, 6.45) is 38.4. The zero-order valence-electron chi connectivity index (χ0n) is 38.9.